The molecule has 0 bridgehead atoms. The molecule has 2 fully saturated rings. The van der Waals surface area contributed by atoms with Gasteiger partial charge in [0.2, 0.25) is 0 Å². The lowest BCUT2D eigenvalue weighted by Crippen LogP contribution is -2.46. The summed E-state index contributed by atoms with van der Waals surface area (Å²) >= 11 is 0. The van der Waals surface area contributed by atoms with E-state index < -0.39 is 0 Å². The van der Waals surface area contributed by atoms with Crippen LogP contribution in [0.4, 0.5) is 4.79 Å². The summed E-state index contributed by atoms with van der Waals surface area (Å²) in [5.74, 6) is 0.516. The minimum atomic E-state index is -0.0124. The molecule has 1 aliphatic carbocycles. The van der Waals surface area contributed by atoms with Crippen LogP contribution in [0.15, 0.2) is 0 Å². The molecule has 2 N–H and O–H groups in total. The van der Waals surface area contributed by atoms with Crippen molar-refractivity contribution >= 4 is 6.03 Å². The van der Waals surface area contributed by atoms with E-state index in [9.17, 15) is 4.79 Å². The van der Waals surface area contributed by atoms with Crippen LogP contribution in [0.25, 0.3) is 0 Å². The fourth-order valence-electron chi connectivity index (χ4n) is 1.77. The maximum Gasteiger partial charge on any atom is 0.315 e. The Morgan fingerprint density at radius 3 is 2.79 bits per heavy atom. The first-order valence-corrected chi connectivity index (χ1v) is 5.46. The van der Waals surface area contributed by atoms with Crippen molar-refractivity contribution in [2.45, 2.75) is 31.7 Å². The second-order valence-corrected chi connectivity index (χ2v) is 4.21. The Bertz CT molecular complexity index is 198. The van der Waals surface area contributed by atoms with E-state index in [1.165, 1.54) is 6.42 Å². The highest BCUT2D eigenvalue weighted by molar-refractivity contribution is 5.74. The van der Waals surface area contributed by atoms with Crippen LogP contribution in [0.2, 0.25) is 0 Å². The molecule has 0 aromatic carbocycles. The van der Waals surface area contributed by atoms with E-state index in [1.807, 2.05) is 0 Å². The first kappa shape index (κ1) is 9.77. The third-order valence-corrected chi connectivity index (χ3v) is 3.02. The van der Waals surface area contributed by atoms with Crippen LogP contribution in [-0.2, 0) is 4.74 Å². The molecule has 0 radical (unpaired) electrons. The molecule has 2 rings (SSSR count). The summed E-state index contributed by atoms with van der Waals surface area (Å²) in [6.07, 6.45) is 4.60. The summed E-state index contributed by atoms with van der Waals surface area (Å²) in [6.45, 7) is 2.39. The molecule has 1 saturated heterocycles. The van der Waals surface area contributed by atoms with Gasteiger partial charge in [0, 0.05) is 25.1 Å². The van der Waals surface area contributed by atoms with Gasteiger partial charge in [-0.1, -0.05) is 0 Å². The molecule has 1 aliphatic heterocycles. The third-order valence-electron chi connectivity index (χ3n) is 3.02. The molecule has 14 heavy (non-hydrogen) atoms. The Morgan fingerprint density at radius 2 is 2.21 bits per heavy atom. The Hall–Kier alpha value is -0.770. The second-order valence-electron chi connectivity index (χ2n) is 4.21. The van der Waals surface area contributed by atoms with Gasteiger partial charge in [0.15, 0.2) is 0 Å². The highest BCUT2D eigenvalue weighted by Crippen LogP contribution is 2.17. The van der Waals surface area contributed by atoms with Gasteiger partial charge in [-0.05, 0) is 25.7 Å². The fourth-order valence-corrected chi connectivity index (χ4v) is 1.77. The molecule has 4 heteroatoms. The number of ether oxygens (including phenoxy) is 1. The summed E-state index contributed by atoms with van der Waals surface area (Å²) in [7, 11) is 0. The number of carbonyl (C=O) groups excluding carboxylic acids is 1. The zero-order valence-electron chi connectivity index (χ0n) is 8.42. The topological polar surface area (TPSA) is 50.4 Å². The predicted octanol–water partition coefficient (Wildman–Crippen LogP) is 0.875. The molecule has 1 atom stereocenters. The Morgan fingerprint density at radius 1 is 1.36 bits per heavy atom. The number of hydrogen-bond donors (Lipinski definition) is 2. The van der Waals surface area contributed by atoms with Crippen molar-refractivity contribution in [2.75, 3.05) is 19.8 Å². The largest absolute Gasteiger partial charge is 0.381 e. The smallest absolute Gasteiger partial charge is 0.315 e. The Balaban J connectivity index is 1.57. The summed E-state index contributed by atoms with van der Waals surface area (Å²) in [5, 5.41) is 5.84. The van der Waals surface area contributed by atoms with Gasteiger partial charge in [-0.2, -0.15) is 0 Å². The van der Waals surface area contributed by atoms with Crippen molar-refractivity contribution < 1.29 is 9.53 Å². The van der Waals surface area contributed by atoms with Crippen LogP contribution in [-0.4, -0.2) is 31.8 Å². The maximum absolute atomic E-state index is 11.3. The van der Waals surface area contributed by atoms with Crippen LogP contribution >= 0.6 is 0 Å². The molecule has 1 unspecified atom stereocenters. The zero-order valence-corrected chi connectivity index (χ0v) is 8.42. The molecular formula is C10H18N2O2. The van der Waals surface area contributed by atoms with Crippen molar-refractivity contribution in [3.05, 3.63) is 0 Å². The van der Waals surface area contributed by atoms with E-state index in [-0.39, 0.29) is 6.03 Å². The number of urea groups is 1. The van der Waals surface area contributed by atoms with Crippen molar-refractivity contribution in [3.8, 4) is 0 Å². The zero-order chi connectivity index (χ0) is 9.80. The Labute approximate surface area is 84.4 Å². The number of rotatable bonds is 3. The van der Waals surface area contributed by atoms with E-state index in [0.29, 0.717) is 12.0 Å². The SMILES string of the molecule is O=C(NCC1CCOC1)NC1CCC1. The second kappa shape index (κ2) is 4.64. The van der Waals surface area contributed by atoms with Crippen molar-refractivity contribution in [1.82, 2.24) is 10.6 Å². The fraction of sp³-hybridized carbons (Fsp3) is 0.900. The quantitative estimate of drug-likeness (QED) is 0.707. The van der Waals surface area contributed by atoms with E-state index in [1.54, 1.807) is 0 Å². The van der Waals surface area contributed by atoms with Gasteiger partial charge >= 0.3 is 6.03 Å². The first-order valence-electron chi connectivity index (χ1n) is 5.46. The molecule has 1 heterocycles. The average molecular weight is 198 g/mol. The van der Waals surface area contributed by atoms with E-state index in [4.69, 9.17) is 4.74 Å². The number of hydrogen-bond acceptors (Lipinski definition) is 2. The van der Waals surface area contributed by atoms with Gasteiger partial charge in [-0.15, -0.1) is 0 Å². The lowest BCUT2D eigenvalue weighted by molar-refractivity contribution is 0.184. The molecular weight excluding hydrogens is 180 g/mol. The van der Waals surface area contributed by atoms with E-state index in [0.717, 1.165) is 39.0 Å². The first-order chi connectivity index (χ1) is 6.84. The summed E-state index contributed by atoms with van der Waals surface area (Å²) in [6, 6.07) is 0.413. The summed E-state index contributed by atoms with van der Waals surface area (Å²) in [5.41, 5.74) is 0. The van der Waals surface area contributed by atoms with Gasteiger partial charge < -0.3 is 15.4 Å². The standard InChI is InChI=1S/C10H18N2O2/c13-10(12-9-2-1-3-9)11-6-8-4-5-14-7-8/h8-9H,1-7H2,(H2,11,12,13). The minimum absolute atomic E-state index is 0.0124. The number of carbonyl (C=O) groups is 1. The maximum atomic E-state index is 11.3. The molecule has 1 saturated carbocycles. The molecule has 2 amide bonds. The lowest BCUT2D eigenvalue weighted by Gasteiger charge is -2.26. The van der Waals surface area contributed by atoms with Crippen LogP contribution in [0.5, 0.6) is 0 Å². The minimum Gasteiger partial charge on any atom is -0.381 e. The summed E-state index contributed by atoms with van der Waals surface area (Å²) in [4.78, 5) is 11.3. The molecule has 4 nitrogen and oxygen atoms in total. The lowest BCUT2D eigenvalue weighted by atomic mass is 9.93. The van der Waals surface area contributed by atoms with Crippen LogP contribution < -0.4 is 10.6 Å². The third kappa shape index (κ3) is 2.61. The number of nitrogens with one attached hydrogen (secondary N) is 2. The van der Waals surface area contributed by atoms with E-state index >= 15 is 0 Å². The van der Waals surface area contributed by atoms with Gasteiger partial charge in [-0.25, -0.2) is 4.79 Å². The summed E-state index contributed by atoms with van der Waals surface area (Å²) < 4.78 is 5.23. The molecule has 0 aromatic heterocycles. The van der Waals surface area contributed by atoms with Gasteiger partial charge in [0.25, 0.3) is 0 Å². The molecule has 2 aliphatic rings. The van der Waals surface area contributed by atoms with Gasteiger partial charge in [-0.3, -0.25) is 0 Å². The number of amides is 2. The molecule has 80 valence electrons. The predicted molar refractivity (Wildman–Crippen MR) is 53.1 cm³/mol. The Kier molecular flexibility index (Phi) is 3.24. The van der Waals surface area contributed by atoms with Crippen molar-refractivity contribution in [1.29, 1.82) is 0 Å². The monoisotopic (exact) mass is 198 g/mol. The van der Waals surface area contributed by atoms with E-state index in [2.05, 4.69) is 10.6 Å². The van der Waals surface area contributed by atoms with Crippen LogP contribution in [0.1, 0.15) is 25.7 Å². The highest BCUT2D eigenvalue weighted by atomic mass is 16.5. The normalized spacial score (nSPS) is 27.0. The van der Waals surface area contributed by atoms with Crippen LogP contribution in [0, 0.1) is 5.92 Å². The molecule has 0 aromatic rings. The van der Waals surface area contributed by atoms with Crippen molar-refractivity contribution in [3.63, 3.8) is 0 Å². The van der Waals surface area contributed by atoms with Gasteiger partial charge in [0.1, 0.15) is 0 Å². The van der Waals surface area contributed by atoms with Gasteiger partial charge in [0.05, 0.1) is 6.61 Å². The van der Waals surface area contributed by atoms with Crippen molar-refractivity contribution in [2.24, 2.45) is 5.92 Å². The van der Waals surface area contributed by atoms with Crippen LogP contribution in [0.3, 0.4) is 0 Å². The highest BCUT2D eigenvalue weighted by Gasteiger charge is 2.20. The average Bonchev–Trinajstić information content (AvgIpc) is 2.60. The molecule has 0 spiro atoms.